The van der Waals surface area contributed by atoms with Gasteiger partial charge < -0.3 is 9.97 Å². The lowest BCUT2D eigenvalue weighted by atomic mass is 10.2. The zero-order valence-electron chi connectivity index (χ0n) is 17.4. The number of benzene rings is 2. The number of fused-ring (bicyclic) bond motifs is 2. The van der Waals surface area contributed by atoms with E-state index in [0.717, 1.165) is 41.9 Å². The van der Waals surface area contributed by atoms with E-state index in [9.17, 15) is 9.59 Å². The Morgan fingerprint density at radius 2 is 1.24 bits per heavy atom. The summed E-state index contributed by atoms with van der Waals surface area (Å²) in [5.74, 6) is -0.513. The number of amides is 2. The number of carbonyl (C=O) groups excluding carboxylic acids is 2. The van der Waals surface area contributed by atoms with E-state index in [1.165, 1.54) is 0 Å². The molecule has 10 heteroatoms. The Balaban J connectivity index is 1.19. The van der Waals surface area contributed by atoms with Crippen molar-refractivity contribution in [3.05, 3.63) is 68.9 Å². The molecule has 0 spiro atoms. The normalized spacial score (nSPS) is 11.7. The van der Waals surface area contributed by atoms with Crippen LogP contribution in [0.4, 0.5) is 0 Å². The molecule has 4 N–H and O–H groups in total. The van der Waals surface area contributed by atoms with Crippen LogP contribution >= 0.6 is 31.9 Å². The Morgan fingerprint density at radius 3 is 1.70 bits per heavy atom. The molecule has 0 aliphatic heterocycles. The Bertz CT molecular complexity index is 1270. The van der Waals surface area contributed by atoms with Gasteiger partial charge in [0, 0.05) is 67.1 Å². The summed E-state index contributed by atoms with van der Waals surface area (Å²) in [7, 11) is 0. The van der Waals surface area contributed by atoms with E-state index >= 15 is 0 Å². The summed E-state index contributed by atoms with van der Waals surface area (Å²) in [6.07, 6.45) is 7.60. The third kappa shape index (κ3) is 5.96. The molecule has 4 aromatic rings. The van der Waals surface area contributed by atoms with Gasteiger partial charge in [0.05, 0.1) is 12.4 Å². The van der Waals surface area contributed by atoms with Crippen LogP contribution in [0.2, 0.25) is 0 Å². The first-order chi connectivity index (χ1) is 16.0. The van der Waals surface area contributed by atoms with Crippen LogP contribution < -0.4 is 10.9 Å². The largest absolute Gasteiger partial charge is 0.361 e. The summed E-state index contributed by atoms with van der Waals surface area (Å²) in [5, 5.41) is 10.0. The van der Waals surface area contributed by atoms with Gasteiger partial charge in [0.15, 0.2) is 0 Å². The molecule has 0 bridgehead atoms. The Hall–Kier alpha value is -3.24. The second-order valence-corrected chi connectivity index (χ2v) is 9.14. The van der Waals surface area contributed by atoms with E-state index in [1.54, 1.807) is 12.4 Å². The summed E-state index contributed by atoms with van der Waals surface area (Å²) in [4.78, 5) is 30.3. The van der Waals surface area contributed by atoms with Gasteiger partial charge in [-0.1, -0.05) is 31.9 Å². The van der Waals surface area contributed by atoms with Crippen molar-refractivity contribution in [1.29, 1.82) is 0 Å². The van der Waals surface area contributed by atoms with Gasteiger partial charge in [-0.2, -0.15) is 10.2 Å². The minimum atomic E-state index is -0.257. The maximum atomic E-state index is 12.0. The Morgan fingerprint density at radius 1 is 0.788 bits per heavy atom. The van der Waals surface area contributed by atoms with Crippen LogP contribution in [0.5, 0.6) is 0 Å². The molecule has 0 radical (unpaired) electrons. The third-order valence-corrected chi connectivity index (χ3v) is 5.93. The standard InChI is InChI=1S/C23H20Br2N6O2/c24-16-4-6-20-18(8-16)14(10-26-20)12-28-30-22(32)2-1-3-23(33)31-29-13-15-11-27-21-7-5-17(25)9-19(15)21/h4-13,26-27H,1-3H2,(H,30,32)(H,31,33)/b28-12-,29-13-. The highest BCUT2D eigenvalue weighted by atomic mass is 79.9. The molecular formula is C23H20Br2N6O2. The molecule has 0 aliphatic rings. The first-order valence-corrected chi connectivity index (χ1v) is 11.8. The second kappa shape index (κ2) is 10.6. The number of nitrogens with one attached hydrogen (secondary N) is 4. The van der Waals surface area contributed by atoms with E-state index in [0.29, 0.717) is 6.42 Å². The molecule has 0 aliphatic carbocycles. The van der Waals surface area contributed by atoms with Gasteiger partial charge in [0.2, 0.25) is 11.8 Å². The van der Waals surface area contributed by atoms with Gasteiger partial charge >= 0.3 is 0 Å². The molecule has 2 heterocycles. The van der Waals surface area contributed by atoms with Gasteiger partial charge in [0.25, 0.3) is 0 Å². The number of halogens is 2. The van der Waals surface area contributed by atoms with Crippen LogP contribution in [0.1, 0.15) is 30.4 Å². The molecular weight excluding hydrogens is 552 g/mol. The fourth-order valence-corrected chi connectivity index (χ4v) is 4.03. The second-order valence-electron chi connectivity index (χ2n) is 7.31. The van der Waals surface area contributed by atoms with E-state index in [2.05, 4.69) is 62.9 Å². The molecule has 2 aromatic heterocycles. The van der Waals surface area contributed by atoms with Gasteiger partial charge in [0.1, 0.15) is 0 Å². The topological polar surface area (TPSA) is 114 Å². The van der Waals surface area contributed by atoms with Crippen molar-refractivity contribution in [2.45, 2.75) is 19.3 Å². The zero-order valence-corrected chi connectivity index (χ0v) is 20.5. The van der Waals surface area contributed by atoms with Crippen LogP contribution in [0.3, 0.4) is 0 Å². The fourth-order valence-electron chi connectivity index (χ4n) is 3.31. The molecule has 0 unspecified atom stereocenters. The first-order valence-electron chi connectivity index (χ1n) is 10.2. The summed E-state index contributed by atoms with van der Waals surface area (Å²) >= 11 is 6.90. The maximum Gasteiger partial charge on any atom is 0.240 e. The number of aromatic nitrogens is 2. The van der Waals surface area contributed by atoms with Crippen molar-refractivity contribution in [2.75, 3.05) is 0 Å². The molecule has 33 heavy (non-hydrogen) atoms. The van der Waals surface area contributed by atoms with Crippen LogP contribution in [-0.2, 0) is 9.59 Å². The lowest BCUT2D eigenvalue weighted by Gasteiger charge is -2.00. The Labute approximate surface area is 206 Å². The van der Waals surface area contributed by atoms with Crippen LogP contribution in [-0.4, -0.2) is 34.2 Å². The van der Waals surface area contributed by atoms with Crippen molar-refractivity contribution in [3.63, 3.8) is 0 Å². The van der Waals surface area contributed by atoms with E-state index in [-0.39, 0.29) is 24.7 Å². The number of carbonyl (C=O) groups is 2. The van der Waals surface area contributed by atoms with E-state index < -0.39 is 0 Å². The minimum absolute atomic E-state index is 0.185. The van der Waals surface area contributed by atoms with Gasteiger partial charge in [-0.3, -0.25) is 9.59 Å². The predicted octanol–water partition coefficient (Wildman–Crippen LogP) is 4.94. The number of nitrogens with zero attached hydrogens (tertiary/aromatic N) is 2. The molecule has 2 amide bonds. The van der Waals surface area contributed by atoms with Gasteiger partial charge in [-0.25, -0.2) is 10.9 Å². The molecule has 8 nitrogen and oxygen atoms in total. The van der Waals surface area contributed by atoms with Crippen molar-refractivity contribution < 1.29 is 9.59 Å². The molecule has 0 saturated heterocycles. The number of rotatable bonds is 8. The third-order valence-electron chi connectivity index (χ3n) is 4.95. The number of H-pyrrole nitrogens is 2. The summed E-state index contributed by atoms with van der Waals surface area (Å²) in [6, 6.07) is 11.8. The molecule has 4 rings (SSSR count). The van der Waals surface area contributed by atoms with E-state index in [1.807, 2.05) is 48.8 Å². The SMILES string of the molecule is O=C(CCCC(=O)N/N=C\c1c[nH]c2ccc(Br)cc12)N/N=C\c1c[nH]c2ccc(Br)cc12. The predicted molar refractivity (Wildman–Crippen MR) is 137 cm³/mol. The van der Waals surface area contributed by atoms with Crippen molar-refractivity contribution in [2.24, 2.45) is 10.2 Å². The zero-order chi connectivity index (χ0) is 23.2. The quantitative estimate of drug-likeness (QED) is 0.177. The minimum Gasteiger partial charge on any atom is -0.361 e. The number of hydrazone groups is 2. The number of hydrogen-bond donors (Lipinski definition) is 4. The molecule has 0 atom stereocenters. The van der Waals surface area contributed by atoms with Gasteiger partial charge in [-0.05, 0) is 42.8 Å². The summed E-state index contributed by atoms with van der Waals surface area (Å²) in [5.41, 5.74) is 8.69. The van der Waals surface area contributed by atoms with Gasteiger partial charge in [-0.15, -0.1) is 0 Å². The van der Waals surface area contributed by atoms with Crippen molar-refractivity contribution in [1.82, 2.24) is 20.8 Å². The number of hydrogen-bond acceptors (Lipinski definition) is 4. The smallest absolute Gasteiger partial charge is 0.240 e. The lowest BCUT2D eigenvalue weighted by molar-refractivity contribution is -0.122. The highest BCUT2D eigenvalue weighted by Gasteiger charge is 2.06. The highest BCUT2D eigenvalue weighted by Crippen LogP contribution is 2.22. The lowest BCUT2D eigenvalue weighted by Crippen LogP contribution is -2.20. The molecule has 2 aromatic carbocycles. The molecule has 0 fully saturated rings. The highest BCUT2D eigenvalue weighted by molar-refractivity contribution is 9.10. The van der Waals surface area contributed by atoms with Crippen LogP contribution in [0.15, 0.2) is 67.9 Å². The average molecular weight is 572 g/mol. The van der Waals surface area contributed by atoms with E-state index in [4.69, 9.17) is 0 Å². The fraction of sp³-hybridized carbons (Fsp3) is 0.130. The Kier molecular flexibility index (Phi) is 7.36. The molecule has 168 valence electrons. The van der Waals surface area contributed by atoms with Crippen molar-refractivity contribution >= 4 is 77.9 Å². The van der Waals surface area contributed by atoms with Crippen LogP contribution in [0, 0.1) is 0 Å². The van der Waals surface area contributed by atoms with Crippen molar-refractivity contribution in [3.8, 4) is 0 Å². The average Bonchev–Trinajstić information content (AvgIpc) is 3.37. The van der Waals surface area contributed by atoms with Crippen LogP contribution in [0.25, 0.3) is 21.8 Å². The monoisotopic (exact) mass is 570 g/mol. The maximum absolute atomic E-state index is 12.0. The molecule has 0 saturated carbocycles. The first kappa shape index (κ1) is 22.9. The number of aromatic amines is 2. The summed E-state index contributed by atoms with van der Waals surface area (Å²) in [6.45, 7) is 0. The summed E-state index contributed by atoms with van der Waals surface area (Å²) < 4.78 is 1.93.